The molecule has 7 nitrogen and oxygen atoms in total. The number of carbonyl (C=O) groups is 1. The van der Waals surface area contributed by atoms with Crippen LogP contribution in [0.4, 0.5) is 5.82 Å². The lowest BCUT2D eigenvalue weighted by Gasteiger charge is -2.19. The van der Waals surface area contributed by atoms with E-state index >= 15 is 0 Å². The zero-order valence-electron chi connectivity index (χ0n) is 17.1. The third kappa shape index (κ3) is 6.69. The molecule has 0 saturated carbocycles. The van der Waals surface area contributed by atoms with Gasteiger partial charge in [-0.1, -0.05) is 25.1 Å². The molecule has 0 saturated heterocycles. The number of nitrogens with zero attached hydrogens (tertiary/aromatic N) is 2. The maximum atomic E-state index is 12.0. The van der Waals surface area contributed by atoms with E-state index in [4.69, 9.17) is 0 Å². The maximum Gasteiger partial charge on any atom is 0.244 e. The minimum atomic E-state index is -3.47. The molecule has 0 aliphatic heterocycles. The summed E-state index contributed by atoms with van der Waals surface area (Å²) in [6, 6.07) is 10.2. The van der Waals surface area contributed by atoms with Gasteiger partial charge in [0, 0.05) is 38.5 Å². The quantitative estimate of drug-likeness (QED) is 0.581. The number of hydrogen-bond donors (Lipinski definition) is 2. The van der Waals surface area contributed by atoms with Crippen molar-refractivity contribution in [1.82, 2.24) is 15.0 Å². The molecule has 8 heteroatoms. The number of benzene rings is 1. The largest absolute Gasteiger partial charge is 0.357 e. The van der Waals surface area contributed by atoms with Crippen molar-refractivity contribution in [3.05, 3.63) is 59.8 Å². The average molecular weight is 417 g/mol. The molecule has 1 aromatic carbocycles. The number of carbonyl (C=O) groups excluding carboxylic acids is 1. The van der Waals surface area contributed by atoms with Gasteiger partial charge in [0.2, 0.25) is 15.9 Å². The van der Waals surface area contributed by atoms with Gasteiger partial charge < -0.3 is 10.2 Å². The van der Waals surface area contributed by atoms with E-state index in [2.05, 4.69) is 33.8 Å². The second kappa shape index (κ2) is 10.7. The fourth-order valence-electron chi connectivity index (χ4n) is 2.71. The summed E-state index contributed by atoms with van der Waals surface area (Å²) in [5.74, 6) is 0.687. The third-order valence-electron chi connectivity index (χ3n) is 4.32. The molecule has 2 rings (SSSR count). The van der Waals surface area contributed by atoms with Crippen LogP contribution in [0.25, 0.3) is 6.08 Å². The topological polar surface area (TPSA) is 91.4 Å². The van der Waals surface area contributed by atoms with E-state index in [0.29, 0.717) is 13.1 Å². The standard InChI is InChI=1S/C21H28N4O3S/c1-4-24-29(27,28)19-11-7-17(8-12-19)10-14-21(26)23-16-18-9-13-20(22-15-18)25(5-2)6-3/h7-15,24H,4-6,16H2,1-3H3,(H,23,26)/b14-10+. The molecule has 2 aromatic rings. The molecule has 0 fully saturated rings. The molecule has 0 atom stereocenters. The zero-order chi connectivity index (χ0) is 21.3. The molecule has 156 valence electrons. The Bertz CT molecular complexity index is 919. The SMILES string of the molecule is CCNS(=O)(=O)c1ccc(/C=C/C(=O)NCc2ccc(N(CC)CC)nc2)cc1. The van der Waals surface area contributed by atoms with E-state index in [1.807, 2.05) is 12.1 Å². The Morgan fingerprint density at radius 3 is 2.31 bits per heavy atom. The van der Waals surface area contributed by atoms with E-state index in [1.165, 1.54) is 18.2 Å². The molecule has 0 bridgehead atoms. The summed E-state index contributed by atoms with van der Waals surface area (Å²) in [6.45, 7) is 8.40. The minimum Gasteiger partial charge on any atom is -0.357 e. The number of pyridine rings is 1. The molecule has 1 amide bonds. The molecule has 0 aliphatic rings. The van der Waals surface area contributed by atoms with Gasteiger partial charge in [-0.15, -0.1) is 0 Å². The van der Waals surface area contributed by atoms with Gasteiger partial charge in [0.05, 0.1) is 4.90 Å². The number of anilines is 1. The normalized spacial score (nSPS) is 11.6. The van der Waals surface area contributed by atoms with Gasteiger partial charge in [0.25, 0.3) is 0 Å². The van der Waals surface area contributed by atoms with Gasteiger partial charge in [0.15, 0.2) is 0 Å². The van der Waals surface area contributed by atoms with Crippen molar-refractivity contribution in [2.45, 2.75) is 32.2 Å². The first kappa shape index (κ1) is 22.6. The van der Waals surface area contributed by atoms with Crippen molar-refractivity contribution in [3.63, 3.8) is 0 Å². The number of nitrogens with one attached hydrogen (secondary N) is 2. The van der Waals surface area contributed by atoms with Crippen molar-refractivity contribution in [3.8, 4) is 0 Å². The summed E-state index contributed by atoms with van der Waals surface area (Å²) >= 11 is 0. The highest BCUT2D eigenvalue weighted by molar-refractivity contribution is 7.89. The van der Waals surface area contributed by atoms with Gasteiger partial charge in [0.1, 0.15) is 5.82 Å². The van der Waals surface area contributed by atoms with Crippen LogP contribution in [-0.2, 0) is 21.4 Å². The Hall–Kier alpha value is -2.71. The van der Waals surface area contributed by atoms with Gasteiger partial charge in [-0.3, -0.25) is 4.79 Å². The van der Waals surface area contributed by atoms with E-state index in [0.717, 1.165) is 30.0 Å². The summed E-state index contributed by atoms with van der Waals surface area (Å²) in [5.41, 5.74) is 1.65. The summed E-state index contributed by atoms with van der Waals surface area (Å²) in [5, 5.41) is 2.81. The Morgan fingerprint density at radius 2 is 1.76 bits per heavy atom. The van der Waals surface area contributed by atoms with Gasteiger partial charge in [-0.05, 0) is 49.2 Å². The predicted octanol–water partition coefficient (Wildman–Crippen LogP) is 2.56. The Kier molecular flexibility index (Phi) is 8.35. The van der Waals surface area contributed by atoms with Crippen LogP contribution in [0.3, 0.4) is 0 Å². The van der Waals surface area contributed by atoms with Crippen LogP contribution in [-0.4, -0.2) is 38.9 Å². The molecule has 0 spiro atoms. The van der Waals surface area contributed by atoms with E-state index in [-0.39, 0.29) is 10.8 Å². The maximum absolute atomic E-state index is 12.0. The van der Waals surface area contributed by atoms with Crippen LogP contribution in [0.5, 0.6) is 0 Å². The number of aromatic nitrogens is 1. The second-order valence-electron chi connectivity index (χ2n) is 6.32. The van der Waals surface area contributed by atoms with Gasteiger partial charge in [-0.2, -0.15) is 0 Å². The third-order valence-corrected chi connectivity index (χ3v) is 5.88. The lowest BCUT2D eigenvalue weighted by Crippen LogP contribution is -2.23. The monoisotopic (exact) mass is 416 g/mol. The summed E-state index contributed by atoms with van der Waals surface area (Å²) < 4.78 is 26.3. The first-order valence-electron chi connectivity index (χ1n) is 9.65. The molecular weight excluding hydrogens is 388 g/mol. The Labute approximate surface area is 172 Å². The second-order valence-corrected chi connectivity index (χ2v) is 8.09. The van der Waals surface area contributed by atoms with Crippen LogP contribution in [0.15, 0.2) is 53.6 Å². The van der Waals surface area contributed by atoms with Crippen LogP contribution in [0.2, 0.25) is 0 Å². The van der Waals surface area contributed by atoms with Gasteiger partial charge in [-0.25, -0.2) is 18.1 Å². The highest BCUT2D eigenvalue weighted by Crippen LogP contribution is 2.12. The first-order valence-corrected chi connectivity index (χ1v) is 11.1. The molecule has 2 N–H and O–H groups in total. The molecule has 0 radical (unpaired) electrons. The molecular formula is C21H28N4O3S. The number of hydrogen-bond acceptors (Lipinski definition) is 5. The average Bonchev–Trinajstić information content (AvgIpc) is 2.73. The molecule has 1 aromatic heterocycles. The Balaban J connectivity index is 1.90. The lowest BCUT2D eigenvalue weighted by molar-refractivity contribution is -0.116. The highest BCUT2D eigenvalue weighted by atomic mass is 32.2. The fraction of sp³-hybridized carbons (Fsp3) is 0.333. The van der Waals surface area contributed by atoms with Crippen LogP contribution < -0.4 is 14.9 Å². The fourth-order valence-corrected chi connectivity index (χ4v) is 3.75. The van der Waals surface area contributed by atoms with Crippen molar-refractivity contribution < 1.29 is 13.2 Å². The van der Waals surface area contributed by atoms with Crippen molar-refractivity contribution in [2.24, 2.45) is 0 Å². The molecule has 0 aliphatic carbocycles. The van der Waals surface area contributed by atoms with Crippen molar-refractivity contribution in [2.75, 3.05) is 24.5 Å². The molecule has 1 heterocycles. The zero-order valence-corrected chi connectivity index (χ0v) is 17.9. The lowest BCUT2D eigenvalue weighted by atomic mass is 10.2. The van der Waals surface area contributed by atoms with Crippen LogP contribution in [0, 0.1) is 0 Å². The summed E-state index contributed by atoms with van der Waals surface area (Å²) in [4.78, 5) is 18.8. The smallest absolute Gasteiger partial charge is 0.244 e. The van der Waals surface area contributed by atoms with Crippen molar-refractivity contribution in [1.29, 1.82) is 0 Å². The van der Waals surface area contributed by atoms with Crippen molar-refractivity contribution >= 4 is 27.8 Å². The number of rotatable bonds is 10. The van der Waals surface area contributed by atoms with E-state index < -0.39 is 10.0 Å². The first-order chi connectivity index (χ1) is 13.9. The molecule has 0 unspecified atom stereocenters. The van der Waals surface area contributed by atoms with Crippen LogP contribution >= 0.6 is 0 Å². The predicted molar refractivity (Wildman–Crippen MR) is 116 cm³/mol. The summed E-state index contributed by atoms with van der Waals surface area (Å²) in [6.07, 6.45) is 4.83. The van der Waals surface area contributed by atoms with E-state index in [1.54, 1.807) is 31.3 Å². The van der Waals surface area contributed by atoms with E-state index in [9.17, 15) is 13.2 Å². The highest BCUT2D eigenvalue weighted by Gasteiger charge is 2.11. The number of amides is 1. The summed E-state index contributed by atoms with van der Waals surface area (Å²) in [7, 11) is -3.47. The molecule has 29 heavy (non-hydrogen) atoms. The number of sulfonamides is 1. The Morgan fingerprint density at radius 1 is 1.07 bits per heavy atom. The van der Waals surface area contributed by atoms with Crippen LogP contribution in [0.1, 0.15) is 31.9 Å². The minimum absolute atomic E-state index is 0.196. The van der Waals surface area contributed by atoms with Gasteiger partial charge >= 0.3 is 0 Å².